The van der Waals surface area contributed by atoms with Crippen LogP contribution in [0.4, 0.5) is 0 Å². The van der Waals surface area contributed by atoms with Gasteiger partial charge in [0, 0.05) is 18.2 Å². The van der Waals surface area contributed by atoms with Crippen molar-refractivity contribution in [1.82, 2.24) is 5.32 Å². The van der Waals surface area contributed by atoms with Gasteiger partial charge in [-0.15, -0.1) is 0 Å². The van der Waals surface area contributed by atoms with Crippen molar-refractivity contribution in [2.45, 2.75) is 39.8 Å². The molecule has 0 spiro atoms. The Balaban J connectivity index is 2.07. The van der Waals surface area contributed by atoms with Crippen molar-refractivity contribution < 1.29 is 19.3 Å². The molecule has 118 valence electrons. The normalized spacial score (nSPS) is 14.5. The highest BCUT2D eigenvalue weighted by molar-refractivity contribution is 5.51. The Labute approximate surface area is 126 Å². The minimum atomic E-state index is -0.452. The van der Waals surface area contributed by atoms with Crippen LogP contribution in [0.5, 0.6) is 17.2 Å². The highest BCUT2D eigenvalue weighted by Crippen LogP contribution is 2.38. The first kappa shape index (κ1) is 15.9. The zero-order valence-corrected chi connectivity index (χ0v) is 13.0. The molecule has 5 nitrogen and oxygen atoms in total. The molecule has 0 saturated carbocycles. The van der Waals surface area contributed by atoms with Gasteiger partial charge in [-0.05, 0) is 24.9 Å². The highest BCUT2D eigenvalue weighted by atomic mass is 16.7. The summed E-state index contributed by atoms with van der Waals surface area (Å²) >= 11 is 0. The average molecular weight is 295 g/mol. The van der Waals surface area contributed by atoms with E-state index >= 15 is 0 Å². The summed E-state index contributed by atoms with van der Waals surface area (Å²) in [5, 5.41) is 13.1. The van der Waals surface area contributed by atoms with Crippen molar-refractivity contribution in [2.75, 3.05) is 19.9 Å². The molecule has 0 fully saturated rings. The van der Waals surface area contributed by atoms with Crippen LogP contribution in [0.25, 0.3) is 0 Å². The van der Waals surface area contributed by atoms with Crippen molar-refractivity contribution in [3.63, 3.8) is 0 Å². The maximum atomic E-state index is 9.66. The summed E-state index contributed by atoms with van der Waals surface area (Å²) in [5.41, 5.74) is 1.02. The molecule has 0 amide bonds. The Bertz CT molecular complexity index is 462. The summed E-state index contributed by atoms with van der Waals surface area (Å²) in [5.74, 6) is 2.77. The van der Waals surface area contributed by atoms with Gasteiger partial charge in [-0.1, -0.05) is 20.8 Å². The van der Waals surface area contributed by atoms with Crippen molar-refractivity contribution in [2.24, 2.45) is 5.92 Å². The van der Waals surface area contributed by atoms with Gasteiger partial charge in [-0.3, -0.25) is 0 Å². The lowest BCUT2D eigenvalue weighted by Crippen LogP contribution is -2.21. The Hall–Kier alpha value is -1.46. The number of hydrogen-bond donors (Lipinski definition) is 2. The third-order valence-electron chi connectivity index (χ3n) is 3.33. The van der Waals surface area contributed by atoms with Gasteiger partial charge in [-0.25, -0.2) is 0 Å². The molecular formula is C16H25NO4. The molecular weight excluding hydrogens is 270 g/mol. The van der Waals surface area contributed by atoms with Crippen LogP contribution >= 0.6 is 0 Å². The zero-order chi connectivity index (χ0) is 15.2. The van der Waals surface area contributed by atoms with Crippen LogP contribution in [0.1, 0.15) is 32.8 Å². The van der Waals surface area contributed by atoms with Crippen molar-refractivity contribution in [3.8, 4) is 17.2 Å². The molecule has 0 saturated heterocycles. The van der Waals surface area contributed by atoms with E-state index in [4.69, 9.17) is 14.2 Å². The van der Waals surface area contributed by atoms with Crippen LogP contribution < -0.4 is 19.5 Å². The van der Waals surface area contributed by atoms with Crippen molar-refractivity contribution in [1.29, 1.82) is 0 Å². The number of rotatable bonds is 8. The topological polar surface area (TPSA) is 60.0 Å². The molecule has 5 heteroatoms. The second-order valence-corrected chi connectivity index (χ2v) is 5.71. The lowest BCUT2D eigenvalue weighted by atomic mass is 10.1. The van der Waals surface area contributed by atoms with Crippen molar-refractivity contribution in [3.05, 3.63) is 17.7 Å². The Kier molecular flexibility index (Phi) is 5.70. The first-order valence-electron chi connectivity index (χ1n) is 7.54. The largest absolute Gasteiger partial charge is 0.490 e. The van der Waals surface area contributed by atoms with Gasteiger partial charge >= 0.3 is 0 Å². The van der Waals surface area contributed by atoms with Gasteiger partial charge in [0.1, 0.15) is 12.4 Å². The van der Waals surface area contributed by atoms with E-state index in [1.54, 1.807) is 0 Å². The maximum Gasteiger partial charge on any atom is 0.231 e. The van der Waals surface area contributed by atoms with E-state index in [9.17, 15) is 5.11 Å². The summed E-state index contributed by atoms with van der Waals surface area (Å²) in [6, 6.07) is 3.79. The van der Waals surface area contributed by atoms with E-state index in [1.807, 2.05) is 19.1 Å². The zero-order valence-electron chi connectivity index (χ0n) is 13.0. The maximum absolute atomic E-state index is 9.66. The third kappa shape index (κ3) is 4.51. The second kappa shape index (κ2) is 7.52. The van der Waals surface area contributed by atoms with Crippen LogP contribution in [0.2, 0.25) is 0 Å². The van der Waals surface area contributed by atoms with Crippen LogP contribution in [0.3, 0.4) is 0 Å². The van der Waals surface area contributed by atoms with Crippen molar-refractivity contribution >= 4 is 0 Å². The summed E-state index contributed by atoms with van der Waals surface area (Å²) in [6.45, 7) is 8.43. The fraction of sp³-hybridized carbons (Fsp3) is 0.625. The summed E-state index contributed by atoms with van der Waals surface area (Å²) < 4.78 is 16.5. The molecule has 1 aromatic rings. The molecule has 0 radical (unpaired) electrons. The number of ether oxygens (including phenoxy) is 3. The summed E-state index contributed by atoms with van der Waals surface area (Å²) in [6.07, 6.45) is 0.220. The van der Waals surface area contributed by atoms with Crippen LogP contribution in [-0.2, 0) is 6.54 Å². The Morgan fingerprint density at radius 1 is 1.29 bits per heavy atom. The number of hydrogen-bond acceptors (Lipinski definition) is 5. The van der Waals surface area contributed by atoms with Gasteiger partial charge < -0.3 is 24.6 Å². The van der Waals surface area contributed by atoms with E-state index in [0.717, 1.165) is 23.6 Å². The van der Waals surface area contributed by atoms with Gasteiger partial charge in [0.2, 0.25) is 6.79 Å². The molecule has 21 heavy (non-hydrogen) atoms. The van der Waals surface area contributed by atoms with E-state index in [-0.39, 0.29) is 13.4 Å². The molecule has 1 aliphatic rings. The molecule has 0 bridgehead atoms. The minimum Gasteiger partial charge on any atom is -0.490 e. The van der Waals surface area contributed by atoms with Gasteiger partial charge in [-0.2, -0.15) is 0 Å². The predicted molar refractivity (Wildman–Crippen MR) is 80.9 cm³/mol. The number of nitrogens with one attached hydrogen (secondary N) is 1. The predicted octanol–water partition coefficient (Wildman–Crippen LogP) is 2.31. The lowest BCUT2D eigenvalue weighted by molar-refractivity contribution is 0.103. The molecule has 1 heterocycles. The van der Waals surface area contributed by atoms with Gasteiger partial charge in [0.25, 0.3) is 0 Å². The molecule has 1 aliphatic heterocycles. The summed E-state index contributed by atoms with van der Waals surface area (Å²) in [7, 11) is 0. The molecule has 2 N–H and O–H groups in total. The Morgan fingerprint density at radius 2 is 2.00 bits per heavy atom. The van der Waals surface area contributed by atoms with Crippen LogP contribution in [0.15, 0.2) is 12.1 Å². The summed E-state index contributed by atoms with van der Waals surface area (Å²) in [4.78, 5) is 0. The lowest BCUT2D eigenvalue weighted by Gasteiger charge is -2.16. The third-order valence-corrected chi connectivity index (χ3v) is 3.33. The van der Waals surface area contributed by atoms with Gasteiger partial charge in [0.15, 0.2) is 11.5 Å². The van der Waals surface area contributed by atoms with Crippen LogP contribution in [0, 0.1) is 5.92 Å². The van der Waals surface area contributed by atoms with E-state index < -0.39 is 6.10 Å². The second-order valence-electron chi connectivity index (χ2n) is 5.71. The van der Waals surface area contributed by atoms with E-state index in [0.29, 0.717) is 24.6 Å². The smallest absolute Gasteiger partial charge is 0.231 e. The SMILES string of the molecule is CCC(O)COc1cc2c(cc1CNCC(C)C)OCO2. The average Bonchev–Trinajstić information content (AvgIpc) is 2.91. The highest BCUT2D eigenvalue weighted by Gasteiger charge is 2.18. The number of aliphatic hydroxyl groups is 1. The fourth-order valence-corrected chi connectivity index (χ4v) is 2.04. The molecule has 1 unspecified atom stereocenters. The fourth-order valence-electron chi connectivity index (χ4n) is 2.04. The minimum absolute atomic E-state index is 0.245. The van der Waals surface area contributed by atoms with E-state index in [2.05, 4.69) is 19.2 Å². The molecule has 1 atom stereocenters. The molecule has 0 aromatic heterocycles. The monoisotopic (exact) mass is 295 g/mol. The molecule has 0 aliphatic carbocycles. The first-order valence-corrected chi connectivity index (χ1v) is 7.54. The standard InChI is InChI=1S/C16H25NO4/c1-4-13(18)9-19-14-6-16-15(20-10-21-16)5-12(14)8-17-7-11(2)3/h5-6,11,13,17-18H,4,7-10H2,1-3H3. The first-order chi connectivity index (χ1) is 10.1. The number of aliphatic hydroxyl groups excluding tert-OH is 1. The van der Waals surface area contributed by atoms with E-state index in [1.165, 1.54) is 0 Å². The molecule has 2 rings (SSSR count). The number of fused-ring (bicyclic) bond motifs is 1. The Morgan fingerprint density at radius 3 is 2.67 bits per heavy atom. The quantitative estimate of drug-likeness (QED) is 0.770. The van der Waals surface area contributed by atoms with Gasteiger partial charge in [0.05, 0.1) is 6.10 Å². The number of benzene rings is 1. The van der Waals surface area contributed by atoms with Crippen LogP contribution in [-0.4, -0.2) is 31.2 Å². The molecule has 1 aromatic carbocycles.